The van der Waals surface area contributed by atoms with Gasteiger partial charge in [0, 0.05) is 18.9 Å². The lowest BCUT2D eigenvalue weighted by Gasteiger charge is -2.05. The van der Waals surface area contributed by atoms with Gasteiger partial charge in [0.15, 0.2) is 11.4 Å². The molecule has 0 radical (unpaired) electrons. The summed E-state index contributed by atoms with van der Waals surface area (Å²) in [5.41, 5.74) is 2.14. The second-order valence-electron chi connectivity index (χ2n) is 3.58. The molecule has 0 aliphatic rings. The summed E-state index contributed by atoms with van der Waals surface area (Å²) in [6, 6.07) is 7.60. The zero-order chi connectivity index (χ0) is 13.0. The van der Waals surface area contributed by atoms with E-state index in [9.17, 15) is 0 Å². The molecular weight excluding hydrogens is 228 g/mol. The molecule has 88 valence electrons. The van der Waals surface area contributed by atoms with Gasteiger partial charge in [0.2, 0.25) is 0 Å². The third-order valence-electron chi connectivity index (χ3n) is 2.49. The summed E-state index contributed by atoms with van der Waals surface area (Å²) < 4.78 is 1.61. The maximum absolute atomic E-state index is 9.00. The lowest BCUT2D eigenvalue weighted by atomic mass is 10.3. The van der Waals surface area contributed by atoms with E-state index in [1.54, 1.807) is 10.8 Å². The van der Waals surface area contributed by atoms with E-state index < -0.39 is 0 Å². The Hall–Kier alpha value is -2.86. The highest BCUT2D eigenvalue weighted by Crippen LogP contribution is 2.11. The lowest BCUT2D eigenvalue weighted by Crippen LogP contribution is -2.04. The minimum absolute atomic E-state index is 0.141. The smallest absolute Gasteiger partial charge is 0.176 e. The van der Waals surface area contributed by atoms with E-state index in [4.69, 9.17) is 10.5 Å². The van der Waals surface area contributed by atoms with Gasteiger partial charge < -0.3 is 9.88 Å². The molecule has 0 amide bonds. The van der Waals surface area contributed by atoms with E-state index in [2.05, 4.69) is 15.3 Å². The molecule has 2 heterocycles. The number of nitrogens with one attached hydrogen (secondary N) is 1. The van der Waals surface area contributed by atoms with Gasteiger partial charge in [-0.05, 0) is 12.1 Å². The van der Waals surface area contributed by atoms with E-state index >= 15 is 0 Å². The molecule has 0 unspecified atom stereocenters. The first-order valence-electron chi connectivity index (χ1n) is 5.26. The molecule has 0 aromatic carbocycles. The number of aromatic nitrogens is 3. The Morgan fingerprint density at radius 1 is 1.33 bits per heavy atom. The Morgan fingerprint density at radius 2 is 2.17 bits per heavy atom. The second kappa shape index (κ2) is 4.98. The zero-order valence-corrected chi connectivity index (χ0v) is 9.75. The normalized spacial score (nSPS) is 9.50. The molecule has 0 aliphatic carbocycles. The second-order valence-corrected chi connectivity index (χ2v) is 3.58. The van der Waals surface area contributed by atoms with Crippen LogP contribution in [-0.4, -0.2) is 21.6 Å². The maximum Gasteiger partial charge on any atom is 0.176 e. The van der Waals surface area contributed by atoms with Crippen LogP contribution < -0.4 is 5.32 Å². The number of pyridine rings is 1. The standard InChI is InChI=1S/C12H10N6/c1-15-9-2-3-16-10(4-9)7-18-8-17-11(5-13)12(18)6-14/h2-4,8H,7H2,1H3,(H,15,16). The van der Waals surface area contributed by atoms with Crippen LogP contribution in [0.4, 0.5) is 5.69 Å². The molecule has 0 bridgehead atoms. The maximum atomic E-state index is 9.00. The number of anilines is 1. The van der Waals surface area contributed by atoms with Crippen LogP contribution in [0.3, 0.4) is 0 Å². The summed E-state index contributed by atoms with van der Waals surface area (Å²) in [5.74, 6) is 0. The number of nitriles is 2. The van der Waals surface area contributed by atoms with Crippen LogP contribution in [0.25, 0.3) is 0 Å². The van der Waals surface area contributed by atoms with Crippen molar-refractivity contribution in [1.29, 1.82) is 10.5 Å². The molecule has 18 heavy (non-hydrogen) atoms. The molecule has 0 saturated heterocycles. The number of rotatable bonds is 3. The van der Waals surface area contributed by atoms with Crippen LogP contribution >= 0.6 is 0 Å². The molecule has 0 aliphatic heterocycles. The minimum Gasteiger partial charge on any atom is -0.388 e. The highest BCUT2D eigenvalue weighted by molar-refractivity contribution is 5.43. The molecule has 6 heteroatoms. The van der Waals surface area contributed by atoms with Gasteiger partial charge in [0.1, 0.15) is 12.1 Å². The van der Waals surface area contributed by atoms with Crippen LogP contribution in [0, 0.1) is 22.7 Å². The minimum atomic E-state index is 0.141. The van der Waals surface area contributed by atoms with E-state index in [1.165, 1.54) is 6.33 Å². The summed E-state index contributed by atoms with van der Waals surface area (Å²) in [6.07, 6.45) is 3.17. The number of hydrogen-bond donors (Lipinski definition) is 1. The fourth-order valence-corrected chi connectivity index (χ4v) is 1.60. The summed E-state index contributed by atoms with van der Waals surface area (Å²) >= 11 is 0. The highest BCUT2D eigenvalue weighted by Gasteiger charge is 2.10. The van der Waals surface area contributed by atoms with Crippen molar-refractivity contribution < 1.29 is 0 Å². The quantitative estimate of drug-likeness (QED) is 0.865. The first-order chi connectivity index (χ1) is 8.78. The largest absolute Gasteiger partial charge is 0.388 e. The summed E-state index contributed by atoms with van der Waals surface area (Å²) in [5, 5.41) is 20.8. The SMILES string of the molecule is CNc1ccnc(Cn2cnc(C#N)c2C#N)c1. The van der Waals surface area contributed by atoms with E-state index in [0.29, 0.717) is 6.54 Å². The van der Waals surface area contributed by atoms with Crippen molar-refractivity contribution >= 4 is 5.69 Å². The third kappa shape index (κ3) is 2.13. The molecule has 2 aromatic rings. The van der Waals surface area contributed by atoms with Crippen molar-refractivity contribution in [2.45, 2.75) is 6.54 Å². The first kappa shape index (κ1) is 11.6. The van der Waals surface area contributed by atoms with Gasteiger partial charge in [-0.2, -0.15) is 10.5 Å². The summed E-state index contributed by atoms with van der Waals surface area (Å²) in [6.45, 7) is 0.410. The Balaban J connectivity index is 2.32. The van der Waals surface area contributed by atoms with Gasteiger partial charge in [-0.25, -0.2) is 4.98 Å². The average molecular weight is 238 g/mol. The van der Waals surface area contributed by atoms with Gasteiger partial charge in [-0.3, -0.25) is 4.98 Å². The first-order valence-corrected chi connectivity index (χ1v) is 5.26. The molecule has 1 N–H and O–H groups in total. The molecular formula is C12H10N6. The molecule has 0 atom stereocenters. The van der Waals surface area contributed by atoms with Crippen molar-refractivity contribution in [3.63, 3.8) is 0 Å². The summed E-state index contributed by atoms with van der Waals surface area (Å²) in [4.78, 5) is 8.09. The van der Waals surface area contributed by atoms with E-state index in [0.717, 1.165) is 11.4 Å². The van der Waals surface area contributed by atoms with Gasteiger partial charge in [0.25, 0.3) is 0 Å². The van der Waals surface area contributed by atoms with Crippen LogP contribution in [0.5, 0.6) is 0 Å². The van der Waals surface area contributed by atoms with Crippen molar-refractivity contribution in [1.82, 2.24) is 14.5 Å². The molecule has 2 rings (SSSR count). The predicted molar refractivity (Wildman–Crippen MR) is 64.5 cm³/mol. The molecule has 6 nitrogen and oxygen atoms in total. The number of hydrogen-bond acceptors (Lipinski definition) is 5. The Kier molecular flexibility index (Phi) is 3.22. The van der Waals surface area contributed by atoms with Crippen molar-refractivity contribution in [2.24, 2.45) is 0 Å². The van der Waals surface area contributed by atoms with E-state index in [-0.39, 0.29) is 11.4 Å². The van der Waals surface area contributed by atoms with Crippen molar-refractivity contribution in [3.8, 4) is 12.1 Å². The fourth-order valence-electron chi connectivity index (χ4n) is 1.60. The summed E-state index contributed by atoms with van der Waals surface area (Å²) in [7, 11) is 1.82. The van der Waals surface area contributed by atoms with Gasteiger partial charge in [0.05, 0.1) is 18.6 Å². The highest BCUT2D eigenvalue weighted by atomic mass is 15.1. The molecule has 2 aromatic heterocycles. The average Bonchev–Trinajstić information content (AvgIpc) is 2.80. The van der Waals surface area contributed by atoms with Crippen molar-refractivity contribution in [2.75, 3.05) is 12.4 Å². The van der Waals surface area contributed by atoms with Crippen LogP contribution in [0.15, 0.2) is 24.7 Å². The molecule has 0 spiro atoms. The lowest BCUT2D eigenvalue weighted by molar-refractivity contribution is 0.763. The molecule has 0 saturated carbocycles. The Labute approximate surface area is 104 Å². The molecule has 0 fully saturated rings. The number of nitrogens with zero attached hydrogens (tertiary/aromatic N) is 5. The topological polar surface area (TPSA) is 90.3 Å². The number of imidazole rings is 1. The van der Waals surface area contributed by atoms with Gasteiger partial charge in [-0.1, -0.05) is 0 Å². The van der Waals surface area contributed by atoms with Crippen LogP contribution in [-0.2, 0) is 6.54 Å². The van der Waals surface area contributed by atoms with Crippen molar-refractivity contribution in [3.05, 3.63) is 41.7 Å². The Morgan fingerprint density at radius 3 is 2.83 bits per heavy atom. The monoisotopic (exact) mass is 238 g/mol. The fraction of sp³-hybridized carbons (Fsp3) is 0.167. The third-order valence-corrected chi connectivity index (χ3v) is 2.49. The van der Waals surface area contributed by atoms with Gasteiger partial charge >= 0.3 is 0 Å². The van der Waals surface area contributed by atoms with Crippen LogP contribution in [0.1, 0.15) is 17.1 Å². The Bertz CT molecular complexity index is 643. The van der Waals surface area contributed by atoms with Crippen LogP contribution in [0.2, 0.25) is 0 Å². The van der Waals surface area contributed by atoms with E-state index in [1.807, 2.05) is 31.3 Å². The predicted octanol–water partition coefficient (Wildman–Crippen LogP) is 1.11. The van der Waals surface area contributed by atoms with Gasteiger partial charge in [-0.15, -0.1) is 0 Å². The zero-order valence-electron chi connectivity index (χ0n) is 9.75.